The van der Waals surface area contributed by atoms with Crippen molar-refractivity contribution >= 4 is 57.2 Å². The van der Waals surface area contributed by atoms with Crippen LogP contribution in [0.1, 0.15) is 6.92 Å². The Kier molecular flexibility index (Phi) is 8.32. The molecule has 0 fully saturated rings. The van der Waals surface area contributed by atoms with E-state index in [1.165, 1.54) is 27.4 Å². The second-order valence-electron chi connectivity index (χ2n) is 8.22. The first-order valence-electron chi connectivity index (χ1n) is 11.8. The molecule has 0 atom stereocenters. The van der Waals surface area contributed by atoms with Gasteiger partial charge in [0.25, 0.3) is 5.56 Å². The Bertz CT molecular complexity index is 1620. The van der Waals surface area contributed by atoms with Crippen LogP contribution >= 0.6 is 23.2 Å². The number of hydrogen-bond donors (Lipinski definition) is 2. The maximum absolute atomic E-state index is 13.7. The number of para-hydroxylation sites is 1. The van der Waals surface area contributed by atoms with Crippen LogP contribution in [0.5, 0.6) is 17.2 Å². The molecule has 0 radical (unpaired) electrons. The van der Waals surface area contributed by atoms with Crippen LogP contribution in [0.3, 0.4) is 0 Å². The minimum absolute atomic E-state index is 0.193. The van der Waals surface area contributed by atoms with Crippen molar-refractivity contribution < 1.29 is 19.0 Å². The van der Waals surface area contributed by atoms with Gasteiger partial charge in [-0.3, -0.25) is 9.59 Å². The molecule has 11 heteroatoms. The summed E-state index contributed by atoms with van der Waals surface area (Å²) in [6.07, 6.45) is 2.80. The number of rotatable bonds is 9. The molecule has 0 spiro atoms. The number of pyridine rings is 2. The number of ether oxygens (including phenoxy) is 3. The van der Waals surface area contributed by atoms with Gasteiger partial charge in [0.15, 0.2) is 0 Å². The van der Waals surface area contributed by atoms with Crippen molar-refractivity contribution in [1.29, 1.82) is 0 Å². The van der Waals surface area contributed by atoms with Crippen LogP contribution in [0.4, 0.5) is 17.2 Å². The number of aryl methyl sites for hydroxylation is 1. The van der Waals surface area contributed by atoms with Gasteiger partial charge in [0.2, 0.25) is 5.91 Å². The zero-order valence-electron chi connectivity index (χ0n) is 21.7. The molecular weight excluding hydrogens is 543 g/mol. The second kappa shape index (κ2) is 11.7. The lowest BCUT2D eigenvalue weighted by Gasteiger charge is -2.18. The van der Waals surface area contributed by atoms with Gasteiger partial charge < -0.3 is 29.4 Å². The summed E-state index contributed by atoms with van der Waals surface area (Å²) in [4.78, 5) is 30.3. The maximum Gasteiger partial charge on any atom is 0.259 e. The number of halogens is 2. The van der Waals surface area contributed by atoms with Crippen molar-refractivity contribution in [3.05, 3.63) is 75.6 Å². The highest BCUT2D eigenvalue weighted by atomic mass is 35.5. The number of methoxy groups -OCH3 is 3. The number of anilines is 3. The molecule has 0 saturated heterocycles. The molecule has 0 aliphatic carbocycles. The van der Waals surface area contributed by atoms with E-state index < -0.39 is 0 Å². The first kappa shape index (κ1) is 27.8. The van der Waals surface area contributed by atoms with Crippen molar-refractivity contribution in [1.82, 2.24) is 9.55 Å². The maximum atomic E-state index is 13.7. The van der Waals surface area contributed by atoms with Gasteiger partial charge in [-0.25, -0.2) is 4.98 Å². The number of carbonyl (C=O) groups is 1. The highest BCUT2D eigenvalue weighted by Gasteiger charge is 2.23. The summed E-state index contributed by atoms with van der Waals surface area (Å²) in [5.41, 5.74) is 1.86. The standard InChI is InChI=1S/C28H26Cl2N4O5/c1-6-23(35)32-17-9-8-10-19(37-3)27(17)33-22-12-18-15(14-31-22)11-16(28(36)34(18)7-2)24-25(29)20(38-4)13-21(39-5)26(24)30/h6,8-14H,1,7H2,2-5H3,(H,31,33)(H,32,35). The summed E-state index contributed by atoms with van der Waals surface area (Å²) in [7, 11) is 4.46. The molecule has 0 bridgehead atoms. The van der Waals surface area contributed by atoms with Gasteiger partial charge >= 0.3 is 0 Å². The molecule has 202 valence electrons. The Balaban J connectivity index is 1.88. The molecule has 0 saturated carbocycles. The monoisotopic (exact) mass is 568 g/mol. The van der Waals surface area contributed by atoms with Crippen molar-refractivity contribution in [2.24, 2.45) is 0 Å². The fourth-order valence-electron chi connectivity index (χ4n) is 4.20. The van der Waals surface area contributed by atoms with Crippen LogP contribution < -0.4 is 30.4 Å². The van der Waals surface area contributed by atoms with Crippen LogP contribution in [-0.2, 0) is 11.3 Å². The van der Waals surface area contributed by atoms with E-state index in [1.54, 1.807) is 47.2 Å². The quantitative estimate of drug-likeness (QED) is 0.229. The predicted molar refractivity (Wildman–Crippen MR) is 155 cm³/mol. The highest BCUT2D eigenvalue weighted by molar-refractivity contribution is 6.41. The first-order valence-corrected chi connectivity index (χ1v) is 12.5. The summed E-state index contributed by atoms with van der Waals surface area (Å²) < 4.78 is 17.8. The van der Waals surface area contributed by atoms with Crippen LogP contribution in [0.2, 0.25) is 10.0 Å². The second-order valence-corrected chi connectivity index (χ2v) is 8.98. The molecule has 0 unspecified atom stereocenters. The van der Waals surface area contributed by atoms with Crippen LogP contribution in [0, 0.1) is 0 Å². The van der Waals surface area contributed by atoms with Crippen molar-refractivity contribution in [2.45, 2.75) is 13.5 Å². The molecule has 4 rings (SSSR count). The summed E-state index contributed by atoms with van der Waals surface area (Å²) >= 11 is 13.2. The Morgan fingerprint density at radius 3 is 2.31 bits per heavy atom. The summed E-state index contributed by atoms with van der Waals surface area (Å²) in [6, 6.07) is 10.2. The third kappa shape index (κ3) is 5.23. The molecule has 2 aromatic heterocycles. The molecule has 0 aliphatic rings. The van der Waals surface area contributed by atoms with Crippen molar-refractivity contribution in [2.75, 3.05) is 32.0 Å². The van der Waals surface area contributed by atoms with E-state index in [9.17, 15) is 9.59 Å². The largest absolute Gasteiger partial charge is 0.495 e. The van der Waals surface area contributed by atoms with Gasteiger partial charge in [-0.2, -0.15) is 0 Å². The third-order valence-corrected chi connectivity index (χ3v) is 6.83. The SMILES string of the molecule is C=CC(=O)Nc1cccc(OC)c1Nc1cc2c(cn1)cc(-c1c(Cl)c(OC)cc(OC)c1Cl)c(=O)n2CC. The fraction of sp³-hybridized carbons (Fsp3) is 0.179. The van der Waals surface area contributed by atoms with Gasteiger partial charge in [0, 0.05) is 35.8 Å². The molecule has 1 amide bonds. The predicted octanol–water partition coefficient (Wildman–Crippen LogP) is 6.28. The Hall–Kier alpha value is -4.21. The molecule has 2 aromatic carbocycles. The topological polar surface area (TPSA) is 104 Å². The molecule has 2 N–H and O–H groups in total. The Labute approximate surface area is 234 Å². The lowest BCUT2D eigenvalue weighted by Crippen LogP contribution is -2.22. The molecule has 2 heterocycles. The average molecular weight is 569 g/mol. The van der Waals surface area contributed by atoms with E-state index in [2.05, 4.69) is 22.2 Å². The highest BCUT2D eigenvalue weighted by Crippen LogP contribution is 2.45. The van der Waals surface area contributed by atoms with E-state index in [0.29, 0.717) is 57.5 Å². The normalized spacial score (nSPS) is 10.7. The average Bonchev–Trinajstić information content (AvgIpc) is 2.94. The number of aromatic nitrogens is 2. The zero-order chi connectivity index (χ0) is 28.3. The lowest BCUT2D eigenvalue weighted by atomic mass is 10.0. The molecule has 0 aliphatic heterocycles. The number of amides is 1. The Morgan fingerprint density at radius 2 is 1.72 bits per heavy atom. The van der Waals surface area contributed by atoms with Crippen LogP contribution in [0.15, 0.2) is 60.0 Å². The van der Waals surface area contributed by atoms with Crippen LogP contribution in [0.25, 0.3) is 22.0 Å². The van der Waals surface area contributed by atoms with Gasteiger partial charge in [-0.15, -0.1) is 0 Å². The van der Waals surface area contributed by atoms with E-state index in [-0.39, 0.29) is 27.1 Å². The van der Waals surface area contributed by atoms with Crippen molar-refractivity contribution in [3.63, 3.8) is 0 Å². The zero-order valence-corrected chi connectivity index (χ0v) is 23.2. The lowest BCUT2D eigenvalue weighted by molar-refractivity contribution is -0.111. The van der Waals surface area contributed by atoms with E-state index in [1.807, 2.05) is 6.92 Å². The molecule has 4 aromatic rings. The number of carbonyl (C=O) groups excluding carboxylic acids is 1. The summed E-state index contributed by atoms with van der Waals surface area (Å²) in [5.74, 6) is 1.18. The number of nitrogens with zero attached hydrogens (tertiary/aromatic N) is 2. The molecule has 9 nitrogen and oxygen atoms in total. The first-order chi connectivity index (χ1) is 18.8. The number of benzene rings is 2. The van der Waals surface area contributed by atoms with Gasteiger partial charge in [0.05, 0.1) is 48.1 Å². The third-order valence-electron chi connectivity index (χ3n) is 6.08. The number of hydrogen-bond acceptors (Lipinski definition) is 7. The minimum Gasteiger partial charge on any atom is -0.495 e. The summed E-state index contributed by atoms with van der Waals surface area (Å²) in [5, 5.41) is 7.01. The van der Waals surface area contributed by atoms with Gasteiger partial charge in [0.1, 0.15) is 28.8 Å². The van der Waals surface area contributed by atoms with Gasteiger partial charge in [-0.1, -0.05) is 35.8 Å². The van der Waals surface area contributed by atoms with Gasteiger partial charge in [-0.05, 0) is 31.2 Å². The number of nitrogens with one attached hydrogen (secondary N) is 2. The van der Waals surface area contributed by atoms with Crippen LogP contribution in [-0.4, -0.2) is 36.8 Å². The number of fused-ring (bicyclic) bond motifs is 1. The fourth-order valence-corrected chi connectivity index (χ4v) is 4.91. The van der Waals surface area contributed by atoms with Crippen molar-refractivity contribution in [3.8, 4) is 28.4 Å². The smallest absolute Gasteiger partial charge is 0.259 e. The molecule has 39 heavy (non-hydrogen) atoms. The summed E-state index contributed by atoms with van der Waals surface area (Å²) in [6.45, 7) is 5.71. The van der Waals surface area contributed by atoms with E-state index in [0.717, 1.165) is 0 Å². The Morgan fingerprint density at radius 1 is 1.05 bits per heavy atom. The van der Waals surface area contributed by atoms with E-state index in [4.69, 9.17) is 37.4 Å². The minimum atomic E-state index is -0.378. The molecular formula is C28H26Cl2N4O5. The van der Waals surface area contributed by atoms with E-state index >= 15 is 0 Å².